The Labute approximate surface area is 177 Å². The van der Waals surface area contributed by atoms with Crippen molar-refractivity contribution in [3.8, 4) is 39.0 Å². The van der Waals surface area contributed by atoms with Gasteiger partial charge in [0.05, 0.1) is 29.1 Å². The maximum absolute atomic E-state index is 13.6. The van der Waals surface area contributed by atoms with Gasteiger partial charge in [-0.15, -0.1) is 11.3 Å². The number of H-pyrrole nitrogens is 2. The second-order valence-corrected chi connectivity index (χ2v) is 7.90. The first-order chi connectivity index (χ1) is 15.2. The summed E-state index contributed by atoms with van der Waals surface area (Å²) in [6.07, 6.45) is 6.32. The highest BCUT2D eigenvalue weighted by Gasteiger charge is 2.17. The molecule has 150 valence electrons. The number of imidazole rings is 1. The Morgan fingerprint density at radius 3 is 2.81 bits per heavy atom. The van der Waals surface area contributed by atoms with E-state index in [1.165, 1.54) is 12.3 Å². The van der Waals surface area contributed by atoms with E-state index < -0.39 is 0 Å². The average molecular weight is 429 g/mol. The molecule has 0 radical (unpaired) electrons. The van der Waals surface area contributed by atoms with E-state index in [2.05, 4.69) is 35.1 Å². The zero-order chi connectivity index (χ0) is 20.9. The topological polar surface area (TPSA) is 116 Å². The van der Waals surface area contributed by atoms with Crippen LogP contribution in [0.4, 0.5) is 4.39 Å². The van der Waals surface area contributed by atoms with E-state index in [9.17, 15) is 9.50 Å². The first kappa shape index (κ1) is 17.7. The Morgan fingerprint density at radius 1 is 1.03 bits per heavy atom. The summed E-state index contributed by atoms with van der Waals surface area (Å²) >= 11 is 1.07. The molecule has 0 saturated heterocycles. The minimum atomic E-state index is -0.250. The van der Waals surface area contributed by atoms with Gasteiger partial charge < -0.3 is 10.1 Å². The van der Waals surface area contributed by atoms with E-state index in [0.29, 0.717) is 33.9 Å². The number of nitrogens with one attached hydrogen (secondary N) is 2. The fraction of sp³-hybridized carbons (Fsp3) is 0. The molecule has 0 bridgehead atoms. The summed E-state index contributed by atoms with van der Waals surface area (Å²) in [6.45, 7) is 0. The number of aromatic amines is 2. The number of aromatic hydroxyl groups is 1. The summed E-state index contributed by atoms with van der Waals surface area (Å²) < 4.78 is 13.6. The van der Waals surface area contributed by atoms with Crippen molar-refractivity contribution in [3.05, 3.63) is 60.3 Å². The number of rotatable bonds is 3. The molecule has 0 spiro atoms. The molecule has 0 fully saturated rings. The highest BCUT2D eigenvalue weighted by Crippen LogP contribution is 2.34. The molecular formula is C21H12FN7OS. The highest BCUT2D eigenvalue weighted by atomic mass is 32.1. The molecule has 6 rings (SSSR count). The lowest BCUT2D eigenvalue weighted by Gasteiger charge is -2.01. The molecule has 0 aromatic carbocycles. The van der Waals surface area contributed by atoms with Crippen LogP contribution in [0.2, 0.25) is 0 Å². The van der Waals surface area contributed by atoms with Gasteiger partial charge in [-0.1, -0.05) is 0 Å². The summed E-state index contributed by atoms with van der Waals surface area (Å²) in [6, 6.07) is 8.46. The summed E-state index contributed by atoms with van der Waals surface area (Å²) in [5, 5.41) is 17.7. The average Bonchev–Trinajstić information content (AvgIpc) is 3.50. The predicted molar refractivity (Wildman–Crippen MR) is 115 cm³/mol. The zero-order valence-electron chi connectivity index (χ0n) is 15.7. The largest absolute Gasteiger partial charge is 0.506 e. The van der Waals surface area contributed by atoms with E-state index in [1.54, 1.807) is 30.7 Å². The predicted octanol–water partition coefficient (Wildman–Crippen LogP) is 4.53. The molecule has 0 aliphatic rings. The fourth-order valence-corrected chi connectivity index (χ4v) is 4.27. The Balaban J connectivity index is 1.51. The van der Waals surface area contributed by atoms with Crippen molar-refractivity contribution in [1.29, 1.82) is 0 Å². The smallest absolute Gasteiger partial charge is 0.178 e. The number of nitrogens with zero attached hydrogens (tertiary/aromatic N) is 5. The van der Waals surface area contributed by atoms with Gasteiger partial charge in [0.15, 0.2) is 16.6 Å². The van der Waals surface area contributed by atoms with Crippen LogP contribution < -0.4 is 0 Å². The molecule has 0 atom stereocenters. The molecule has 10 heteroatoms. The second kappa shape index (κ2) is 6.67. The number of hydrogen-bond donors (Lipinski definition) is 3. The number of thiophene rings is 1. The van der Waals surface area contributed by atoms with Gasteiger partial charge in [0, 0.05) is 33.8 Å². The van der Waals surface area contributed by atoms with Gasteiger partial charge in [-0.3, -0.25) is 15.1 Å². The maximum Gasteiger partial charge on any atom is 0.178 e. The highest BCUT2D eigenvalue weighted by molar-refractivity contribution is 7.14. The second-order valence-electron chi connectivity index (χ2n) is 6.87. The zero-order valence-corrected chi connectivity index (χ0v) is 16.5. The van der Waals surface area contributed by atoms with Crippen LogP contribution in [0.1, 0.15) is 0 Å². The van der Waals surface area contributed by atoms with Crippen LogP contribution in [0.3, 0.4) is 0 Å². The van der Waals surface area contributed by atoms with Gasteiger partial charge in [0.1, 0.15) is 11.4 Å². The fourth-order valence-electron chi connectivity index (χ4n) is 3.51. The van der Waals surface area contributed by atoms with Crippen LogP contribution >= 0.6 is 11.3 Å². The van der Waals surface area contributed by atoms with Gasteiger partial charge in [-0.25, -0.2) is 9.97 Å². The van der Waals surface area contributed by atoms with Crippen molar-refractivity contribution in [2.45, 2.75) is 0 Å². The number of fused-ring (bicyclic) bond motifs is 2. The van der Waals surface area contributed by atoms with Gasteiger partial charge in [0.2, 0.25) is 0 Å². The Morgan fingerprint density at radius 2 is 1.97 bits per heavy atom. The number of pyridine rings is 3. The monoisotopic (exact) mass is 429 g/mol. The van der Waals surface area contributed by atoms with Crippen LogP contribution in [0.25, 0.3) is 55.3 Å². The molecule has 0 aliphatic heterocycles. The summed E-state index contributed by atoms with van der Waals surface area (Å²) in [7, 11) is 0. The standard InChI is InChI=1S/C21H12FN7OS/c22-17-2-1-16(31-17)12-3-4-24-20-18(12)26-21(27-20)19-13-6-14(25-9-15(13)28-29-19)10-5-11(30)8-23-7-10/h1-9,30H,(H,28,29)(H,24,26,27). The SMILES string of the molecule is Oc1cncc(-c2cc3c(-c4nc5nccc(-c6ccc(F)s6)c5[nH]4)n[nH]c3cn2)c1. The Hall–Kier alpha value is -4.18. The third-order valence-corrected chi connectivity index (χ3v) is 5.83. The van der Waals surface area contributed by atoms with Gasteiger partial charge in [-0.2, -0.15) is 9.49 Å². The number of hydrogen-bond acceptors (Lipinski definition) is 7. The molecule has 0 amide bonds. The van der Waals surface area contributed by atoms with Crippen molar-refractivity contribution in [1.82, 2.24) is 35.1 Å². The lowest BCUT2D eigenvalue weighted by Crippen LogP contribution is -1.86. The first-order valence-electron chi connectivity index (χ1n) is 9.25. The lowest BCUT2D eigenvalue weighted by atomic mass is 10.1. The van der Waals surface area contributed by atoms with E-state index in [1.807, 2.05) is 12.1 Å². The molecule has 31 heavy (non-hydrogen) atoms. The van der Waals surface area contributed by atoms with Crippen molar-refractivity contribution < 1.29 is 9.50 Å². The van der Waals surface area contributed by atoms with Crippen LogP contribution in [-0.4, -0.2) is 40.2 Å². The van der Waals surface area contributed by atoms with Crippen LogP contribution in [0, 0.1) is 5.13 Å². The van der Waals surface area contributed by atoms with Gasteiger partial charge >= 0.3 is 0 Å². The first-order valence-corrected chi connectivity index (χ1v) is 10.1. The van der Waals surface area contributed by atoms with Crippen molar-refractivity contribution >= 4 is 33.4 Å². The van der Waals surface area contributed by atoms with Gasteiger partial charge in [-0.05, 0) is 30.3 Å². The third kappa shape index (κ3) is 2.92. The molecule has 8 nitrogen and oxygen atoms in total. The van der Waals surface area contributed by atoms with Crippen LogP contribution in [0.5, 0.6) is 5.75 Å². The number of aromatic nitrogens is 7. The van der Waals surface area contributed by atoms with Crippen molar-refractivity contribution in [2.75, 3.05) is 0 Å². The summed E-state index contributed by atoms with van der Waals surface area (Å²) in [5.41, 5.74) is 4.72. The van der Waals surface area contributed by atoms with E-state index in [4.69, 9.17) is 0 Å². The normalized spacial score (nSPS) is 11.5. The summed E-state index contributed by atoms with van der Waals surface area (Å²) in [5.74, 6) is 0.595. The molecule has 6 heterocycles. The maximum atomic E-state index is 13.6. The Bertz CT molecular complexity index is 1590. The van der Waals surface area contributed by atoms with E-state index in [-0.39, 0.29) is 10.9 Å². The van der Waals surface area contributed by atoms with Gasteiger partial charge in [0.25, 0.3) is 0 Å². The van der Waals surface area contributed by atoms with Crippen molar-refractivity contribution in [3.63, 3.8) is 0 Å². The van der Waals surface area contributed by atoms with E-state index in [0.717, 1.165) is 32.7 Å². The molecular weight excluding hydrogens is 417 g/mol. The quantitative estimate of drug-likeness (QED) is 0.381. The molecule has 6 aromatic heterocycles. The minimum Gasteiger partial charge on any atom is -0.506 e. The minimum absolute atomic E-state index is 0.0627. The summed E-state index contributed by atoms with van der Waals surface area (Å²) in [4.78, 5) is 21.5. The number of halogens is 1. The molecule has 6 aromatic rings. The van der Waals surface area contributed by atoms with Crippen molar-refractivity contribution in [2.24, 2.45) is 0 Å². The molecule has 3 N–H and O–H groups in total. The van der Waals surface area contributed by atoms with Crippen LogP contribution in [0.15, 0.2) is 55.1 Å². The molecule has 0 saturated carbocycles. The van der Waals surface area contributed by atoms with Crippen LogP contribution in [-0.2, 0) is 0 Å². The third-order valence-electron chi connectivity index (χ3n) is 4.92. The van der Waals surface area contributed by atoms with E-state index >= 15 is 0 Å². The lowest BCUT2D eigenvalue weighted by molar-refractivity contribution is 0.473. The Kier molecular flexibility index (Phi) is 3.80. The molecule has 0 aliphatic carbocycles. The molecule has 0 unspecified atom stereocenters.